The molecule has 0 spiro atoms. The fourth-order valence-electron chi connectivity index (χ4n) is 1.90. The van der Waals surface area contributed by atoms with Gasteiger partial charge in [-0.3, -0.25) is 9.78 Å². The number of hydrogen-bond acceptors (Lipinski definition) is 4. The van der Waals surface area contributed by atoms with Gasteiger partial charge in [-0.05, 0) is 19.1 Å². The van der Waals surface area contributed by atoms with Gasteiger partial charge in [0.25, 0.3) is 5.91 Å². The number of nitrogens with zero attached hydrogens (tertiary/aromatic N) is 1. The fourth-order valence-corrected chi connectivity index (χ4v) is 2.34. The molecule has 1 amide bonds. The maximum Gasteiger partial charge on any atom is 0.253 e. The van der Waals surface area contributed by atoms with E-state index in [0.29, 0.717) is 11.1 Å². The molecule has 1 aromatic heterocycles. The third-order valence-electron chi connectivity index (χ3n) is 2.83. The molecule has 0 bridgehead atoms. The smallest absolute Gasteiger partial charge is 0.253 e. The topological polar surface area (TPSA) is 76.1 Å². The summed E-state index contributed by atoms with van der Waals surface area (Å²) >= 11 is 0. The molecule has 0 saturated heterocycles. The zero-order chi connectivity index (χ0) is 15.5. The first kappa shape index (κ1) is 15.2. The van der Waals surface area contributed by atoms with Gasteiger partial charge < -0.3 is 5.32 Å². The van der Waals surface area contributed by atoms with Gasteiger partial charge in [-0.2, -0.15) is 0 Å². The molecule has 0 saturated carbocycles. The lowest BCUT2D eigenvalue weighted by Crippen LogP contribution is -2.23. The number of carbonyl (C=O) groups excluding carboxylic acids is 1. The van der Waals surface area contributed by atoms with Gasteiger partial charge in [0.05, 0.1) is 11.1 Å². The lowest BCUT2D eigenvalue weighted by Gasteiger charge is -2.06. The third-order valence-corrected chi connectivity index (χ3v) is 3.51. The molecular weight excluding hydrogens is 288 g/mol. The van der Waals surface area contributed by atoms with Crippen LogP contribution in [0.15, 0.2) is 41.8 Å². The zero-order valence-electron chi connectivity index (χ0n) is 11.8. The average molecular weight is 304 g/mol. The average Bonchev–Trinajstić information content (AvgIpc) is 2.41. The van der Waals surface area contributed by atoms with E-state index in [4.69, 9.17) is 0 Å². The number of hydrogen-bond donors (Lipinski definition) is 1. The van der Waals surface area contributed by atoms with Crippen LogP contribution in [0.2, 0.25) is 0 Å². The van der Waals surface area contributed by atoms with Crippen molar-refractivity contribution in [3.8, 4) is 0 Å². The molecule has 0 fully saturated rings. The normalized spacial score (nSPS) is 11.9. The zero-order valence-corrected chi connectivity index (χ0v) is 12.6. The number of aryl methyl sites for hydroxylation is 1. The molecular formula is C15H16N2O3S. The molecule has 0 aliphatic carbocycles. The van der Waals surface area contributed by atoms with Crippen molar-refractivity contribution in [3.63, 3.8) is 0 Å². The number of nitrogens with one attached hydrogen (secondary N) is 1. The molecule has 6 heteroatoms. The second-order valence-corrected chi connectivity index (χ2v) is 6.67. The minimum atomic E-state index is -3.17. The Morgan fingerprint density at radius 1 is 1.29 bits per heavy atom. The molecule has 2 rings (SSSR count). The Hall–Kier alpha value is -2.21. The molecule has 0 atom stereocenters. The summed E-state index contributed by atoms with van der Waals surface area (Å²) in [4.78, 5) is 16.5. The number of amides is 1. The van der Waals surface area contributed by atoms with Crippen LogP contribution >= 0.6 is 0 Å². The van der Waals surface area contributed by atoms with Gasteiger partial charge in [-0.1, -0.05) is 24.3 Å². The van der Waals surface area contributed by atoms with Crippen molar-refractivity contribution >= 4 is 26.6 Å². The van der Waals surface area contributed by atoms with Crippen molar-refractivity contribution in [2.75, 3.05) is 12.8 Å². The van der Waals surface area contributed by atoms with Crippen LogP contribution in [0.5, 0.6) is 0 Å². The lowest BCUT2D eigenvalue weighted by molar-refractivity contribution is 0.0959. The molecule has 0 unspecified atom stereocenters. The highest BCUT2D eigenvalue weighted by atomic mass is 32.2. The second kappa shape index (κ2) is 6.05. The first-order valence-electron chi connectivity index (χ1n) is 6.38. The fraction of sp³-hybridized carbons (Fsp3) is 0.200. The van der Waals surface area contributed by atoms with Gasteiger partial charge in [0, 0.05) is 29.3 Å². The molecule has 1 heterocycles. The van der Waals surface area contributed by atoms with Gasteiger partial charge >= 0.3 is 0 Å². The summed E-state index contributed by atoms with van der Waals surface area (Å²) in [6, 6.07) is 9.18. The highest BCUT2D eigenvalue weighted by Gasteiger charge is 2.10. The van der Waals surface area contributed by atoms with Gasteiger partial charge in [0.15, 0.2) is 9.84 Å². The van der Waals surface area contributed by atoms with Gasteiger partial charge in [0.2, 0.25) is 0 Å². The van der Waals surface area contributed by atoms with E-state index in [9.17, 15) is 13.2 Å². The first-order valence-corrected chi connectivity index (χ1v) is 8.33. The number of fused-ring (bicyclic) bond motifs is 1. The molecule has 0 aliphatic heterocycles. The summed E-state index contributed by atoms with van der Waals surface area (Å²) in [5.41, 5.74) is 1.95. The van der Waals surface area contributed by atoms with Crippen molar-refractivity contribution < 1.29 is 13.2 Å². The summed E-state index contributed by atoms with van der Waals surface area (Å²) in [5, 5.41) is 4.61. The number of sulfone groups is 1. The number of pyridine rings is 1. The SMILES string of the molecule is Cc1ccc2cccc(C(=O)NC/C=C/S(C)(=O)=O)c2n1. The van der Waals surface area contributed by atoms with Crippen LogP contribution in [0.3, 0.4) is 0 Å². The maximum atomic E-state index is 12.2. The number of benzene rings is 1. The Morgan fingerprint density at radius 3 is 2.76 bits per heavy atom. The lowest BCUT2D eigenvalue weighted by atomic mass is 10.1. The highest BCUT2D eigenvalue weighted by molar-refractivity contribution is 7.93. The molecule has 0 radical (unpaired) electrons. The summed E-state index contributed by atoms with van der Waals surface area (Å²) in [6.45, 7) is 2.01. The van der Waals surface area contributed by atoms with E-state index in [-0.39, 0.29) is 12.5 Å². The largest absolute Gasteiger partial charge is 0.348 e. The first-order chi connectivity index (χ1) is 9.87. The number of aromatic nitrogens is 1. The molecule has 1 aromatic carbocycles. The molecule has 2 aromatic rings. The minimum absolute atomic E-state index is 0.147. The van der Waals surface area contributed by atoms with Crippen molar-refractivity contribution in [1.29, 1.82) is 0 Å². The van der Waals surface area contributed by atoms with E-state index in [2.05, 4.69) is 10.3 Å². The highest BCUT2D eigenvalue weighted by Crippen LogP contribution is 2.17. The van der Waals surface area contributed by atoms with Crippen LogP contribution in [-0.4, -0.2) is 32.1 Å². The molecule has 110 valence electrons. The van der Waals surface area contributed by atoms with Crippen LogP contribution in [-0.2, 0) is 9.84 Å². The number of carbonyl (C=O) groups is 1. The number of para-hydroxylation sites is 1. The van der Waals surface area contributed by atoms with Crippen LogP contribution < -0.4 is 5.32 Å². The molecule has 1 N–H and O–H groups in total. The summed E-state index contributed by atoms with van der Waals surface area (Å²) in [7, 11) is -3.17. The molecule has 5 nitrogen and oxygen atoms in total. The Kier molecular flexibility index (Phi) is 4.37. The van der Waals surface area contributed by atoms with E-state index >= 15 is 0 Å². The Labute approximate surface area is 123 Å². The van der Waals surface area contributed by atoms with Gasteiger partial charge in [0.1, 0.15) is 0 Å². The summed E-state index contributed by atoms with van der Waals surface area (Å²) in [5.74, 6) is -0.281. The van der Waals surface area contributed by atoms with Crippen molar-refractivity contribution in [1.82, 2.24) is 10.3 Å². The van der Waals surface area contributed by atoms with Crippen LogP contribution in [0.25, 0.3) is 10.9 Å². The maximum absolute atomic E-state index is 12.2. The van der Waals surface area contributed by atoms with E-state index in [0.717, 1.165) is 22.7 Å². The minimum Gasteiger partial charge on any atom is -0.348 e. The number of rotatable bonds is 4. The summed E-state index contributed by atoms with van der Waals surface area (Å²) in [6.07, 6.45) is 2.50. The quantitative estimate of drug-likeness (QED) is 0.935. The van der Waals surface area contributed by atoms with Crippen LogP contribution in [0.4, 0.5) is 0 Å². The monoisotopic (exact) mass is 304 g/mol. The predicted octanol–water partition coefficient (Wildman–Crippen LogP) is 1.83. The molecule has 0 aliphatic rings. The van der Waals surface area contributed by atoms with Crippen molar-refractivity contribution in [3.05, 3.63) is 53.1 Å². The van der Waals surface area contributed by atoms with Crippen molar-refractivity contribution in [2.24, 2.45) is 0 Å². The Morgan fingerprint density at radius 2 is 2.05 bits per heavy atom. The van der Waals surface area contributed by atoms with Gasteiger partial charge in [-0.25, -0.2) is 8.42 Å². The van der Waals surface area contributed by atoms with E-state index in [1.807, 2.05) is 25.1 Å². The van der Waals surface area contributed by atoms with Gasteiger partial charge in [-0.15, -0.1) is 0 Å². The second-order valence-electron chi connectivity index (χ2n) is 4.74. The molecule has 21 heavy (non-hydrogen) atoms. The third kappa shape index (κ3) is 4.13. The van der Waals surface area contributed by atoms with Crippen molar-refractivity contribution in [2.45, 2.75) is 6.92 Å². The Bertz CT molecular complexity index is 811. The van der Waals surface area contributed by atoms with E-state index < -0.39 is 9.84 Å². The van der Waals surface area contributed by atoms with Crippen LogP contribution in [0.1, 0.15) is 16.1 Å². The summed E-state index contributed by atoms with van der Waals surface area (Å²) < 4.78 is 21.9. The van der Waals surface area contributed by atoms with E-state index in [1.165, 1.54) is 6.08 Å². The van der Waals surface area contributed by atoms with Crippen LogP contribution in [0, 0.1) is 6.92 Å². The predicted molar refractivity (Wildman–Crippen MR) is 82.8 cm³/mol. The van der Waals surface area contributed by atoms with E-state index in [1.54, 1.807) is 12.1 Å². The standard InChI is InChI=1S/C15H16N2O3S/c1-11-7-8-12-5-3-6-13(14(12)17-11)15(18)16-9-4-10-21(2,19)20/h3-8,10H,9H2,1-2H3,(H,16,18)/b10-4+. The Balaban J connectivity index is 2.20.